The van der Waals surface area contributed by atoms with Crippen molar-refractivity contribution in [2.24, 2.45) is 0 Å². The molecule has 24 heavy (non-hydrogen) atoms. The van der Waals surface area contributed by atoms with E-state index < -0.39 is 0 Å². The van der Waals surface area contributed by atoms with Crippen LogP contribution in [0.3, 0.4) is 0 Å². The second kappa shape index (κ2) is 7.54. The fourth-order valence-electron chi connectivity index (χ4n) is 2.31. The molecule has 0 aliphatic rings. The average molecular weight is 325 g/mol. The van der Waals surface area contributed by atoms with Crippen LogP contribution in [0.25, 0.3) is 10.8 Å². The first-order valence-electron chi connectivity index (χ1n) is 7.94. The van der Waals surface area contributed by atoms with Crippen LogP contribution >= 0.6 is 0 Å². The van der Waals surface area contributed by atoms with Crippen molar-refractivity contribution in [3.05, 3.63) is 42.5 Å². The van der Waals surface area contributed by atoms with Gasteiger partial charge in [-0.15, -0.1) is 5.10 Å². The minimum atomic E-state index is -0.321. The predicted octanol–water partition coefficient (Wildman–Crippen LogP) is 2.64. The second-order valence-electron chi connectivity index (χ2n) is 5.38. The third-order valence-corrected chi connectivity index (χ3v) is 3.52. The minimum absolute atomic E-state index is 0.114. The van der Waals surface area contributed by atoms with Crippen LogP contribution in [0.15, 0.2) is 42.5 Å². The molecule has 0 aliphatic carbocycles. The molecule has 0 spiro atoms. The SMILES string of the molecule is CCCCn1nnc(NC(=O)COc2cccc3ccccc23)n1. The quantitative estimate of drug-likeness (QED) is 0.722. The molecule has 1 N–H and O–H groups in total. The highest BCUT2D eigenvalue weighted by Crippen LogP contribution is 2.24. The van der Waals surface area contributed by atoms with Crippen molar-refractivity contribution < 1.29 is 9.53 Å². The van der Waals surface area contributed by atoms with E-state index in [4.69, 9.17) is 4.74 Å². The Bertz CT molecular complexity index is 825. The molecule has 0 atom stereocenters. The number of rotatable bonds is 7. The monoisotopic (exact) mass is 325 g/mol. The van der Waals surface area contributed by atoms with Crippen molar-refractivity contribution >= 4 is 22.6 Å². The van der Waals surface area contributed by atoms with Gasteiger partial charge in [0.25, 0.3) is 11.9 Å². The van der Waals surface area contributed by atoms with Crippen molar-refractivity contribution in [1.82, 2.24) is 20.2 Å². The minimum Gasteiger partial charge on any atom is -0.483 e. The maximum absolute atomic E-state index is 12.0. The summed E-state index contributed by atoms with van der Waals surface area (Å²) in [6, 6.07) is 13.6. The van der Waals surface area contributed by atoms with Gasteiger partial charge in [-0.25, -0.2) is 0 Å². The van der Waals surface area contributed by atoms with E-state index in [0.29, 0.717) is 12.3 Å². The first-order chi connectivity index (χ1) is 11.8. The van der Waals surface area contributed by atoms with Crippen LogP contribution < -0.4 is 10.1 Å². The summed E-state index contributed by atoms with van der Waals surface area (Å²) < 4.78 is 5.63. The summed E-state index contributed by atoms with van der Waals surface area (Å²) in [4.78, 5) is 13.5. The number of aromatic nitrogens is 4. The standard InChI is InChI=1S/C17H19N5O2/c1-2-3-11-22-20-17(19-21-22)18-16(23)12-24-15-10-6-8-13-7-4-5-9-14(13)15/h4-10H,2-3,11-12H2,1H3,(H,18,20,23). The van der Waals surface area contributed by atoms with Crippen molar-refractivity contribution in [1.29, 1.82) is 0 Å². The predicted molar refractivity (Wildman–Crippen MR) is 90.8 cm³/mol. The molecule has 0 unspecified atom stereocenters. The summed E-state index contributed by atoms with van der Waals surface area (Å²) in [5, 5.41) is 16.4. The largest absolute Gasteiger partial charge is 0.483 e. The van der Waals surface area contributed by atoms with Gasteiger partial charge in [-0.3, -0.25) is 10.1 Å². The molecular formula is C17H19N5O2. The molecule has 1 aromatic heterocycles. The lowest BCUT2D eigenvalue weighted by molar-refractivity contribution is -0.118. The van der Waals surface area contributed by atoms with Crippen molar-refractivity contribution in [2.45, 2.75) is 26.3 Å². The molecule has 0 radical (unpaired) electrons. The van der Waals surface area contributed by atoms with Crippen LogP contribution in [0.4, 0.5) is 5.95 Å². The number of ether oxygens (including phenoxy) is 1. The van der Waals surface area contributed by atoms with E-state index in [1.807, 2.05) is 42.5 Å². The lowest BCUT2D eigenvalue weighted by Gasteiger charge is -2.08. The van der Waals surface area contributed by atoms with Gasteiger partial charge < -0.3 is 4.74 Å². The number of carbonyl (C=O) groups is 1. The first-order valence-corrected chi connectivity index (χ1v) is 7.94. The second-order valence-corrected chi connectivity index (χ2v) is 5.38. The number of hydrogen-bond acceptors (Lipinski definition) is 5. The van der Waals surface area contributed by atoms with E-state index in [1.54, 1.807) is 0 Å². The summed E-state index contributed by atoms with van der Waals surface area (Å²) in [5.41, 5.74) is 0. The molecule has 3 rings (SSSR count). The van der Waals surface area contributed by atoms with Crippen LogP contribution in [-0.2, 0) is 11.3 Å². The van der Waals surface area contributed by atoms with E-state index in [1.165, 1.54) is 4.80 Å². The molecule has 3 aromatic rings. The number of carbonyl (C=O) groups excluding carboxylic acids is 1. The van der Waals surface area contributed by atoms with Crippen molar-refractivity contribution in [2.75, 3.05) is 11.9 Å². The van der Waals surface area contributed by atoms with Gasteiger partial charge in [0.1, 0.15) is 5.75 Å². The number of fused-ring (bicyclic) bond motifs is 1. The summed E-state index contributed by atoms with van der Waals surface area (Å²) >= 11 is 0. The molecule has 7 nitrogen and oxygen atoms in total. The van der Waals surface area contributed by atoms with E-state index >= 15 is 0 Å². The summed E-state index contributed by atoms with van der Waals surface area (Å²) in [6.45, 7) is 2.66. The van der Waals surface area contributed by atoms with E-state index in [0.717, 1.165) is 23.6 Å². The van der Waals surface area contributed by atoms with Gasteiger partial charge in [0.05, 0.1) is 6.54 Å². The van der Waals surface area contributed by atoms with Gasteiger partial charge >= 0.3 is 0 Å². The Hall–Kier alpha value is -2.96. The first kappa shape index (κ1) is 15.9. The third kappa shape index (κ3) is 3.87. The topological polar surface area (TPSA) is 81.9 Å². The Labute approximate surface area is 139 Å². The maximum atomic E-state index is 12.0. The Morgan fingerprint density at radius 2 is 2.04 bits per heavy atom. The normalized spacial score (nSPS) is 10.7. The van der Waals surface area contributed by atoms with E-state index in [-0.39, 0.29) is 18.5 Å². The maximum Gasteiger partial charge on any atom is 0.270 e. The zero-order valence-electron chi connectivity index (χ0n) is 13.5. The van der Waals surface area contributed by atoms with Crippen LogP contribution in [0.1, 0.15) is 19.8 Å². The molecule has 0 saturated heterocycles. The van der Waals surface area contributed by atoms with Crippen LogP contribution in [0.2, 0.25) is 0 Å². The average Bonchev–Trinajstić information content (AvgIpc) is 3.05. The number of anilines is 1. The van der Waals surface area contributed by atoms with Gasteiger partial charge in [0, 0.05) is 5.39 Å². The van der Waals surface area contributed by atoms with Crippen LogP contribution in [0.5, 0.6) is 5.75 Å². The molecule has 0 saturated carbocycles. The fourth-order valence-corrected chi connectivity index (χ4v) is 2.31. The number of nitrogens with zero attached hydrogens (tertiary/aromatic N) is 4. The molecule has 124 valence electrons. The fraction of sp³-hybridized carbons (Fsp3) is 0.294. The molecule has 1 heterocycles. The van der Waals surface area contributed by atoms with Crippen LogP contribution in [-0.4, -0.2) is 32.7 Å². The number of hydrogen-bond donors (Lipinski definition) is 1. The Morgan fingerprint density at radius 3 is 2.92 bits per heavy atom. The lowest BCUT2D eigenvalue weighted by atomic mass is 10.1. The smallest absolute Gasteiger partial charge is 0.270 e. The zero-order chi connectivity index (χ0) is 16.8. The lowest BCUT2D eigenvalue weighted by Crippen LogP contribution is -2.21. The number of nitrogens with one attached hydrogen (secondary N) is 1. The highest BCUT2D eigenvalue weighted by molar-refractivity contribution is 5.91. The van der Waals surface area contributed by atoms with Gasteiger partial charge in [0.15, 0.2) is 6.61 Å². The molecule has 0 fully saturated rings. The van der Waals surface area contributed by atoms with Crippen LogP contribution in [0, 0.1) is 0 Å². The number of tetrazole rings is 1. The molecular weight excluding hydrogens is 306 g/mol. The Kier molecular flexibility index (Phi) is 5.00. The molecule has 0 aliphatic heterocycles. The van der Waals surface area contributed by atoms with Crippen molar-refractivity contribution in [3.8, 4) is 5.75 Å². The molecule has 7 heteroatoms. The molecule has 1 amide bonds. The van der Waals surface area contributed by atoms with E-state index in [2.05, 4.69) is 27.7 Å². The summed E-state index contributed by atoms with van der Waals surface area (Å²) in [7, 11) is 0. The van der Waals surface area contributed by atoms with Gasteiger partial charge in [-0.2, -0.15) is 4.80 Å². The Morgan fingerprint density at radius 1 is 1.21 bits per heavy atom. The van der Waals surface area contributed by atoms with Gasteiger partial charge in [0.2, 0.25) is 0 Å². The molecule has 2 aromatic carbocycles. The Balaban J connectivity index is 1.58. The summed E-state index contributed by atoms with van der Waals surface area (Å²) in [5.74, 6) is 0.540. The highest BCUT2D eigenvalue weighted by Gasteiger charge is 2.09. The number of unbranched alkanes of at least 4 members (excludes halogenated alkanes) is 1. The third-order valence-electron chi connectivity index (χ3n) is 3.52. The molecule has 0 bridgehead atoms. The van der Waals surface area contributed by atoms with Gasteiger partial charge in [-0.1, -0.05) is 54.8 Å². The number of amides is 1. The van der Waals surface area contributed by atoms with E-state index in [9.17, 15) is 4.79 Å². The number of aryl methyl sites for hydroxylation is 1. The van der Waals surface area contributed by atoms with Crippen molar-refractivity contribution in [3.63, 3.8) is 0 Å². The zero-order valence-corrected chi connectivity index (χ0v) is 13.5. The van der Waals surface area contributed by atoms with Gasteiger partial charge in [-0.05, 0) is 23.1 Å². The summed E-state index contributed by atoms with van der Waals surface area (Å²) in [6.07, 6.45) is 2.01. The number of benzene rings is 2. The highest BCUT2D eigenvalue weighted by atomic mass is 16.5.